The van der Waals surface area contributed by atoms with Crippen LogP contribution in [0.3, 0.4) is 0 Å². The van der Waals surface area contributed by atoms with Crippen LogP contribution in [0.5, 0.6) is 0 Å². The molecule has 3 rings (SSSR count). The van der Waals surface area contributed by atoms with E-state index in [0.29, 0.717) is 19.7 Å². The summed E-state index contributed by atoms with van der Waals surface area (Å²) in [5.41, 5.74) is 2.20. The highest BCUT2D eigenvalue weighted by Crippen LogP contribution is 2.39. The van der Waals surface area contributed by atoms with Crippen LogP contribution in [-0.2, 0) is 36.5 Å². The Balaban J connectivity index is 2.05. The van der Waals surface area contributed by atoms with Gasteiger partial charge in [-0.15, -0.1) is 0 Å². The summed E-state index contributed by atoms with van der Waals surface area (Å²) in [5.74, 6) is -0.878. The first-order valence-corrected chi connectivity index (χ1v) is 17.9. The lowest BCUT2D eigenvalue weighted by atomic mass is 9.92. The zero-order chi connectivity index (χ0) is 31.0. The normalized spacial score (nSPS) is 21.4. The number of aliphatic hydroxyl groups is 2. The van der Waals surface area contributed by atoms with Gasteiger partial charge in [-0.3, -0.25) is 4.90 Å². The zero-order valence-electron chi connectivity index (χ0n) is 26.8. The average molecular weight is 604 g/mol. The molecule has 1 aliphatic heterocycles. The average Bonchev–Trinajstić information content (AvgIpc) is 3.24. The minimum Gasteiger partial charge on any atom is -0.414 e. The molecular weight excluding hydrogens is 550 g/mol. The molecule has 0 spiro atoms. The second kappa shape index (κ2) is 15.4. The van der Waals surface area contributed by atoms with Gasteiger partial charge < -0.3 is 33.6 Å². The second-order valence-electron chi connectivity index (χ2n) is 13.2. The highest BCUT2D eigenvalue weighted by molar-refractivity contribution is 6.74. The van der Waals surface area contributed by atoms with Crippen LogP contribution in [0.4, 0.5) is 0 Å². The molecule has 5 atom stereocenters. The summed E-state index contributed by atoms with van der Waals surface area (Å²) < 4.78 is 31.5. The molecule has 1 saturated heterocycles. The molecule has 236 valence electrons. The third-order valence-corrected chi connectivity index (χ3v) is 12.9. The lowest BCUT2D eigenvalue weighted by molar-refractivity contribution is -0.192. The van der Waals surface area contributed by atoms with Gasteiger partial charge in [0.05, 0.1) is 18.8 Å². The smallest absolute Gasteiger partial charge is 0.192 e. The van der Waals surface area contributed by atoms with Gasteiger partial charge in [-0.1, -0.05) is 81.4 Å². The van der Waals surface area contributed by atoms with E-state index in [0.717, 1.165) is 11.1 Å². The van der Waals surface area contributed by atoms with Crippen LogP contribution in [0.25, 0.3) is 0 Å². The van der Waals surface area contributed by atoms with Gasteiger partial charge in [0.1, 0.15) is 25.1 Å². The summed E-state index contributed by atoms with van der Waals surface area (Å²) in [6.45, 7) is 16.2. The van der Waals surface area contributed by atoms with E-state index in [9.17, 15) is 10.2 Å². The fourth-order valence-corrected chi connectivity index (χ4v) is 6.20. The van der Waals surface area contributed by atoms with Gasteiger partial charge in [-0.2, -0.15) is 0 Å². The molecule has 0 unspecified atom stereocenters. The predicted octanol–water partition coefficient (Wildman–Crippen LogP) is 5.33. The molecule has 0 amide bonds. The fourth-order valence-electron chi connectivity index (χ4n) is 5.19. The Morgan fingerprint density at radius 3 is 1.98 bits per heavy atom. The molecule has 0 saturated carbocycles. The molecule has 0 aliphatic carbocycles. The Kier molecular flexibility index (Phi) is 12.7. The van der Waals surface area contributed by atoms with Crippen molar-refractivity contribution in [3.8, 4) is 0 Å². The molecule has 1 aliphatic rings. The van der Waals surface area contributed by atoms with Crippen molar-refractivity contribution < 1.29 is 33.6 Å². The molecule has 2 aromatic rings. The molecule has 42 heavy (non-hydrogen) atoms. The van der Waals surface area contributed by atoms with E-state index in [2.05, 4.69) is 63.0 Å². The summed E-state index contributed by atoms with van der Waals surface area (Å²) in [4.78, 5) is 2.21. The van der Waals surface area contributed by atoms with Gasteiger partial charge >= 0.3 is 0 Å². The highest BCUT2D eigenvalue weighted by atomic mass is 28.4. The second-order valence-corrected chi connectivity index (χ2v) is 18.0. The zero-order valence-corrected chi connectivity index (χ0v) is 27.8. The van der Waals surface area contributed by atoms with Crippen LogP contribution in [0.15, 0.2) is 60.7 Å². The number of rotatable bonds is 16. The minimum absolute atomic E-state index is 0.00756. The van der Waals surface area contributed by atoms with Crippen molar-refractivity contribution in [1.82, 2.24) is 4.90 Å². The van der Waals surface area contributed by atoms with Gasteiger partial charge in [-0.05, 0) is 49.5 Å². The van der Waals surface area contributed by atoms with Crippen LogP contribution in [-0.4, -0.2) is 86.8 Å². The van der Waals surface area contributed by atoms with Crippen molar-refractivity contribution in [3.05, 3.63) is 71.8 Å². The maximum atomic E-state index is 11.7. The molecule has 0 aromatic heterocycles. The molecule has 0 bridgehead atoms. The largest absolute Gasteiger partial charge is 0.414 e. The van der Waals surface area contributed by atoms with Gasteiger partial charge in [0.15, 0.2) is 14.1 Å². The van der Waals surface area contributed by atoms with Crippen LogP contribution in [0.1, 0.15) is 52.2 Å². The molecule has 2 aromatic carbocycles. The summed E-state index contributed by atoms with van der Waals surface area (Å²) in [6.07, 6.45) is -2.39. The first-order chi connectivity index (χ1) is 19.8. The Morgan fingerprint density at radius 2 is 1.50 bits per heavy atom. The molecule has 2 N–H and O–H groups in total. The summed E-state index contributed by atoms with van der Waals surface area (Å²) in [5, 5.41) is 21.7. The highest BCUT2D eigenvalue weighted by Gasteiger charge is 2.51. The number of hydrogen-bond acceptors (Lipinski definition) is 8. The van der Waals surface area contributed by atoms with E-state index in [-0.39, 0.29) is 24.9 Å². The number of aliphatic hydroxyl groups excluding tert-OH is 2. The third kappa shape index (κ3) is 9.67. The van der Waals surface area contributed by atoms with E-state index in [1.807, 2.05) is 50.2 Å². The van der Waals surface area contributed by atoms with Crippen LogP contribution in [0.2, 0.25) is 18.1 Å². The Hall–Kier alpha value is -1.66. The van der Waals surface area contributed by atoms with E-state index in [4.69, 9.17) is 23.4 Å². The standard InChI is InChI=1S/C33H53NO7Si/c1-32(2,3)42(7,8)39-23-28-30(41-33(4,5)40-28)31(38-24-37-6)29(27(36)19-20-35)34(21-25-15-11-9-12-16-25)22-26-17-13-10-14-18-26/h9-18,27-31,35-36H,19-24H2,1-8H3/t27-,28-,29+,30+,31+/m0/s1. The van der Waals surface area contributed by atoms with E-state index >= 15 is 0 Å². The van der Waals surface area contributed by atoms with E-state index in [1.54, 1.807) is 7.11 Å². The lowest BCUT2D eigenvalue weighted by Gasteiger charge is -2.43. The maximum absolute atomic E-state index is 11.7. The Morgan fingerprint density at radius 1 is 0.952 bits per heavy atom. The number of benzene rings is 2. The van der Waals surface area contributed by atoms with Crippen molar-refractivity contribution in [3.63, 3.8) is 0 Å². The monoisotopic (exact) mass is 603 g/mol. The quantitative estimate of drug-likeness (QED) is 0.197. The van der Waals surface area contributed by atoms with Gasteiger partial charge in [0.2, 0.25) is 0 Å². The Labute approximate surface area is 254 Å². The molecule has 1 fully saturated rings. The lowest BCUT2D eigenvalue weighted by Crippen LogP contribution is -2.58. The maximum Gasteiger partial charge on any atom is 0.192 e. The molecule has 0 radical (unpaired) electrons. The number of ether oxygens (including phenoxy) is 4. The molecule has 9 heteroatoms. The van der Waals surface area contributed by atoms with Crippen molar-refractivity contribution >= 4 is 8.32 Å². The van der Waals surface area contributed by atoms with E-state index < -0.39 is 44.6 Å². The van der Waals surface area contributed by atoms with Gasteiger partial charge in [-0.25, -0.2) is 0 Å². The van der Waals surface area contributed by atoms with Crippen molar-refractivity contribution in [2.24, 2.45) is 0 Å². The topological polar surface area (TPSA) is 89.9 Å². The summed E-state index contributed by atoms with van der Waals surface area (Å²) >= 11 is 0. The fraction of sp³-hybridized carbons (Fsp3) is 0.636. The van der Waals surface area contributed by atoms with Gasteiger partial charge in [0.25, 0.3) is 0 Å². The minimum atomic E-state index is -2.09. The summed E-state index contributed by atoms with van der Waals surface area (Å²) in [7, 11) is -0.509. The number of nitrogens with zero attached hydrogens (tertiary/aromatic N) is 1. The van der Waals surface area contributed by atoms with Crippen LogP contribution >= 0.6 is 0 Å². The Bertz CT molecular complexity index is 1010. The predicted molar refractivity (Wildman–Crippen MR) is 167 cm³/mol. The van der Waals surface area contributed by atoms with E-state index in [1.165, 1.54) is 0 Å². The molecular formula is C33H53NO7Si. The molecule has 8 nitrogen and oxygen atoms in total. The van der Waals surface area contributed by atoms with Gasteiger partial charge in [0, 0.05) is 26.8 Å². The number of hydrogen-bond donors (Lipinski definition) is 2. The van der Waals surface area contributed by atoms with Crippen molar-refractivity contribution in [2.45, 2.75) is 109 Å². The first kappa shape index (κ1) is 34.8. The van der Waals surface area contributed by atoms with Crippen LogP contribution < -0.4 is 0 Å². The molecule has 1 heterocycles. The first-order valence-electron chi connectivity index (χ1n) is 15.0. The number of methoxy groups -OCH3 is 1. The third-order valence-electron chi connectivity index (χ3n) is 8.37. The van der Waals surface area contributed by atoms with Crippen molar-refractivity contribution in [1.29, 1.82) is 0 Å². The van der Waals surface area contributed by atoms with Crippen LogP contribution in [0, 0.1) is 0 Å². The van der Waals surface area contributed by atoms with Crippen molar-refractivity contribution in [2.75, 3.05) is 27.1 Å². The SMILES string of the molecule is COCO[C@@H]([C@@H]1OC(C)(C)O[C@H]1CO[Si](C)(C)C(C)(C)C)[C@@H]([C@@H](O)CCO)N(Cc1ccccc1)Cc1ccccc1. The summed E-state index contributed by atoms with van der Waals surface area (Å²) in [6, 6.07) is 19.8.